The molecule has 0 aliphatic heterocycles. The predicted molar refractivity (Wildman–Crippen MR) is 190 cm³/mol. The molecule has 0 bridgehead atoms. The van der Waals surface area contributed by atoms with Gasteiger partial charge in [-0.3, -0.25) is 0 Å². The van der Waals surface area contributed by atoms with Crippen molar-refractivity contribution in [3.05, 3.63) is 0 Å². The quantitative estimate of drug-likeness (QED) is 0.0702. The van der Waals surface area contributed by atoms with Gasteiger partial charge in [0.2, 0.25) is 0 Å². The molecule has 0 fully saturated rings. The predicted octanol–water partition coefficient (Wildman–Crippen LogP) is 13.6. The van der Waals surface area contributed by atoms with Crippen LogP contribution < -0.4 is 0 Å². The van der Waals surface area contributed by atoms with Gasteiger partial charge in [-0.25, -0.2) is 0 Å². The Labute approximate surface area is 267 Å². The van der Waals surface area contributed by atoms with E-state index in [1.165, 1.54) is 205 Å². The van der Waals surface area contributed by atoms with E-state index >= 15 is 0 Å². The molecule has 0 radical (unpaired) electrons. The largest absolute Gasteiger partial charge is 0.396 e. The van der Waals surface area contributed by atoms with Crippen LogP contribution in [0.2, 0.25) is 0 Å². The summed E-state index contributed by atoms with van der Waals surface area (Å²) in [7, 11) is 0. The lowest BCUT2D eigenvalue weighted by molar-refractivity contribution is 0.0528. The van der Waals surface area contributed by atoms with Gasteiger partial charge >= 0.3 is 0 Å². The van der Waals surface area contributed by atoms with Crippen molar-refractivity contribution in [2.45, 2.75) is 245 Å². The van der Waals surface area contributed by atoms with Crippen molar-refractivity contribution < 1.29 is 10.2 Å². The Bertz CT molecular complexity index is 465. The van der Waals surface area contributed by atoms with Crippen LogP contribution in [0.4, 0.5) is 0 Å². The molecule has 0 aromatic rings. The molecule has 0 aromatic carbocycles. The fourth-order valence-corrected chi connectivity index (χ4v) is 6.67. The molecule has 2 atom stereocenters. The van der Waals surface area contributed by atoms with Crippen LogP contribution in [0.15, 0.2) is 0 Å². The third kappa shape index (κ3) is 32.8. The fraction of sp³-hybridized carbons (Fsp3) is 1.00. The Kier molecular flexibility index (Phi) is 37.0. The minimum Gasteiger partial charge on any atom is -0.396 e. The van der Waals surface area contributed by atoms with Crippen LogP contribution in [0.25, 0.3) is 0 Å². The van der Waals surface area contributed by atoms with Crippen LogP contribution in [0.3, 0.4) is 0 Å². The van der Waals surface area contributed by atoms with Crippen LogP contribution in [-0.4, -0.2) is 22.9 Å². The summed E-state index contributed by atoms with van der Waals surface area (Å²) in [6.45, 7) is 4.74. The summed E-state index contributed by atoms with van der Waals surface area (Å²) in [4.78, 5) is 0. The monoisotopic (exact) mass is 595 g/mol. The van der Waals surface area contributed by atoms with E-state index in [-0.39, 0.29) is 18.6 Å². The third-order valence-electron chi connectivity index (χ3n) is 9.81. The summed E-state index contributed by atoms with van der Waals surface area (Å²) < 4.78 is 0. The normalized spacial score (nSPS) is 13.1. The average molecular weight is 595 g/mol. The molecule has 2 heteroatoms. The van der Waals surface area contributed by atoms with Crippen molar-refractivity contribution in [2.24, 2.45) is 5.92 Å². The minimum atomic E-state index is -0.303. The third-order valence-corrected chi connectivity index (χ3v) is 9.81. The van der Waals surface area contributed by atoms with Gasteiger partial charge in [-0.05, 0) is 12.8 Å². The van der Waals surface area contributed by atoms with Gasteiger partial charge in [0.25, 0.3) is 0 Å². The first-order chi connectivity index (χ1) is 20.8. The lowest BCUT2D eigenvalue weighted by Crippen LogP contribution is -2.23. The van der Waals surface area contributed by atoms with Crippen molar-refractivity contribution in [1.29, 1.82) is 0 Å². The summed E-state index contributed by atoms with van der Waals surface area (Å²) in [5, 5.41) is 20.4. The first-order valence-electron chi connectivity index (χ1n) is 20.0. The van der Waals surface area contributed by atoms with E-state index < -0.39 is 0 Å². The Morgan fingerprint density at radius 1 is 0.310 bits per heavy atom. The molecule has 0 aliphatic rings. The Morgan fingerprint density at radius 2 is 0.524 bits per heavy atom. The topological polar surface area (TPSA) is 40.5 Å². The summed E-state index contributed by atoms with van der Waals surface area (Å²) in [5.74, 6) is 0.0951. The first kappa shape index (κ1) is 41.9. The average Bonchev–Trinajstić information content (AvgIpc) is 3.00. The van der Waals surface area contributed by atoms with E-state index in [2.05, 4.69) is 13.8 Å². The van der Waals surface area contributed by atoms with Crippen molar-refractivity contribution in [1.82, 2.24) is 0 Å². The van der Waals surface area contributed by atoms with Crippen molar-refractivity contribution in [2.75, 3.05) is 6.61 Å². The SMILES string of the molecule is CCCCCCCCCCCCCCCCCCCC(O)C(CO)CCCCCCCCCCCCCCCCCC. The number of rotatable bonds is 37. The van der Waals surface area contributed by atoms with E-state index in [4.69, 9.17) is 0 Å². The number of hydrogen-bond donors (Lipinski definition) is 2. The van der Waals surface area contributed by atoms with Gasteiger partial charge in [-0.2, -0.15) is 0 Å². The minimum absolute atomic E-state index is 0.0951. The van der Waals surface area contributed by atoms with Crippen LogP contribution in [0.5, 0.6) is 0 Å². The summed E-state index contributed by atoms with van der Waals surface area (Å²) in [5.41, 5.74) is 0. The van der Waals surface area contributed by atoms with Gasteiger partial charge in [0.1, 0.15) is 0 Å². The van der Waals surface area contributed by atoms with E-state index in [1.54, 1.807) is 0 Å². The molecule has 2 unspecified atom stereocenters. The van der Waals surface area contributed by atoms with E-state index in [9.17, 15) is 10.2 Å². The van der Waals surface area contributed by atoms with Crippen LogP contribution in [0, 0.1) is 5.92 Å². The first-order valence-corrected chi connectivity index (χ1v) is 20.0. The van der Waals surface area contributed by atoms with Gasteiger partial charge in [0, 0.05) is 12.5 Å². The fourth-order valence-electron chi connectivity index (χ4n) is 6.67. The zero-order valence-electron chi connectivity index (χ0n) is 29.5. The van der Waals surface area contributed by atoms with Crippen LogP contribution in [0.1, 0.15) is 239 Å². The Balaban J connectivity index is 3.37. The van der Waals surface area contributed by atoms with Crippen LogP contribution >= 0.6 is 0 Å². The molecule has 2 N–H and O–H groups in total. The second kappa shape index (κ2) is 37.1. The van der Waals surface area contributed by atoms with Gasteiger partial charge < -0.3 is 10.2 Å². The zero-order chi connectivity index (χ0) is 30.6. The highest BCUT2D eigenvalue weighted by atomic mass is 16.3. The number of unbranched alkanes of at least 4 members (excludes halogenated alkanes) is 31. The maximum Gasteiger partial charge on any atom is 0.0590 e. The van der Waals surface area contributed by atoms with Crippen molar-refractivity contribution >= 4 is 0 Å². The van der Waals surface area contributed by atoms with E-state index in [1.807, 2.05) is 0 Å². The molecular formula is C40H82O2. The van der Waals surface area contributed by atoms with Gasteiger partial charge in [-0.15, -0.1) is 0 Å². The number of hydrogen-bond acceptors (Lipinski definition) is 2. The summed E-state index contributed by atoms with van der Waals surface area (Å²) in [6, 6.07) is 0. The van der Waals surface area contributed by atoms with E-state index in [0.29, 0.717) is 0 Å². The Morgan fingerprint density at radius 3 is 0.762 bits per heavy atom. The van der Waals surface area contributed by atoms with Crippen LogP contribution in [-0.2, 0) is 0 Å². The summed E-state index contributed by atoms with van der Waals surface area (Å²) >= 11 is 0. The molecule has 0 aliphatic carbocycles. The molecule has 0 amide bonds. The van der Waals surface area contributed by atoms with E-state index in [0.717, 1.165) is 19.3 Å². The second-order valence-corrected chi connectivity index (χ2v) is 14.0. The number of aliphatic hydroxyl groups excluding tert-OH is 2. The summed E-state index contributed by atoms with van der Waals surface area (Å²) in [6.07, 6.45) is 47.4. The zero-order valence-corrected chi connectivity index (χ0v) is 29.5. The highest BCUT2D eigenvalue weighted by Gasteiger charge is 2.17. The molecule has 0 rings (SSSR count). The molecule has 0 saturated carbocycles. The molecular weight excluding hydrogens is 512 g/mol. The van der Waals surface area contributed by atoms with Crippen molar-refractivity contribution in [3.63, 3.8) is 0 Å². The van der Waals surface area contributed by atoms with Gasteiger partial charge in [0.15, 0.2) is 0 Å². The molecule has 254 valence electrons. The van der Waals surface area contributed by atoms with Crippen molar-refractivity contribution in [3.8, 4) is 0 Å². The molecule has 0 spiro atoms. The highest BCUT2D eigenvalue weighted by Crippen LogP contribution is 2.21. The smallest absolute Gasteiger partial charge is 0.0590 e. The maximum absolute atomic E-state index is 10.6. The standard InChI is InChI=1S/C40H82O2/c1-3-5-7-9-11-13-15-17-19-21-23-25-27-29-31-33-35-37-40(42)39(38-41)36-34-32-30-28-26-24-22-20-18-16-14-12-10-8-6-4-2/h39-42H,3-38H2,1-2H3. The van der Waals surface area contributed by atoms with Gasteiger partial charge in [-0.1, -0.05) is 226 Å². The lowest BCUT2D eigenvalue weighted by atomic mass is 9.92. The number of aliphatic hydroxyl groups is 2. The lowest BCUT2D eigenvalue weighted by Gasteiger charge is -2.21. The highest BCUT2D eigenvalue weighted by molar-refractivity contribution is 4.69. The molecule has 0 heterocycles. The molecule has 42 heavy (non-hydrogen) atoms. The second-order valence-electron chi connectivity index (χ2n) is 14.0. The molecule has 2 nitrogen and oxygen atoms in total. The van der Waals surface area contributed by atoms with Gasteiger partial charge in [0.05, 0.1) is 6.10 Å². The Hall–Kier alpha value is -0.0800. The molecule has 0 aromatic heterocycles. The molecule has 0 saturated heterocycles. The maximum atomic E-state index is 10.6.